The van der Waals surface area contributed by atoms with Crippen molar-refractivity contribution in [3.05, 3.63) is 31.2 Å². The Hall–Kier alpha value is -0.520. The van der Waals surface area contributed by atoms with E-state index in [0.29, 0.717) is 0 Å². The van der Waals surface area contributed by atoms with Gasteiger partial charge >= 0.3 is 0 Å². The molecule has 0 nitrogen and oxygen atoms in total. The Bertz CT molecular complexity index is 165. The Labute approximate surface area is 103 Å². The molecule has 0 spiro atoms. The molecule has 0 N–H and O–H groups in total. The van der Waals surface area contributed by atoms with E-state index in [1.165, 1.54) is 57.8 Å². The summed E-state index contributed by atoms with van der Waals surface area (Å²) in [7, 11) is 0. The first-order chi connectivity index (χ1) is 7.91. The standard InChI is InChI=1S/C16H29/c1-3-5-7-9-11-13-15-16-14-12-10-8-6-4-2/h5,7,10,12H,1,3-4,6,8-9,11,13-16H2,2H3. The van der Waals surface area contributed by atoms with Gasteiger partial charge in [0.25, 0.3) is 0 Å². The van der Waals surface area contributed by atoms with Crippen molar-refractivity contribution < 1.29 is 0 Å². The van der Waals surface area contributed by atoms with Crippen molar-refractivity contribution in [2.45, 2.75) is 71.1 Å². The van der Waals surface area contributed by atoms with Crippen LogP contribution in [0.15, 0.2) is 24.3 Å². The molecule has 0 heteroatoms. The van der Waals surface area contributed by atoms with Gasteiger partial charge in [-0.1, -0.05) is 56.9 Å². The van der Waals surface area contributed by atoms with Crippen LogP contribution < -0.4 is 0 Å². The summed E-state index contributed by atoms with van der Waals surface area (Å²) in [5.41, 5.74) is 0. The summed E-state index contributed by atoms with van der Waals surface area (Å²) in [4.78, 5) is 0. The molecule has 0 unspecified atom stereocenters. The van der Waals surface area contributed by atoms with E-state index in [1.807, 2.05) is 0 Å². The van der Waals surface area contributed by atoms with Gasteiger partial charge in [0.2, 0.25) is 0 Å². The summed E-state index contributed by atoms with van der Waals surface area (Å²) in [5.74, 6) is 0. The zero-order valence-corrected chi connectivity index (χ0v) is 11.1. The third-order valence-electron chi connectivity index (χ3n) is 2.72. The molecule has 0 atom stereocenters. The maximum absolute atomic E-state index is 3.78. The largest absolute Gasteiger partial charge is 0.0885 e. The Balaban J connectivity index is 3.03. The predicted octanol–water partition coefficient (Wildman–Crippen LogP) is 5.85. The van der Waals surface area contributed by atoms with Gasteiger partial charge in [0.05, 0.1) is 0 Å². The van der Waals surface area contributed by atoms with Crippen molar-refractivity contribution in [2.24, 2.45) is 0 Å². The number of allylic oxidation sites excluding steroid dienone is 4. The van der Waals surface area contributed by atoms with Crippen LogP contribution in [0.25, 0.3) is 0 Å². The fraction of sp³-hybridized carbons (Fsp3) is 0.688. The summed E-state index contributed by atoms with van der Waals surface area (Å²) in [5, 5.41) is 0. The van der Waals surface area contributed by atoms with Crippen LogP contribution in [0.4, 0.5) is 0 Å². The Morgan fingerprint density at radius 3 is 1.69 bits per heavy atom. The molecule has 0 amide bonds. The Morgan fingerprint density at radius 1 is 0.688 bits per heavy atom. The summed E-state index contributed by atoms with van der Waals surface area (Å²) < 4.78 is 0. The lowest BCUT2D eigenvalue weighted by molar-refractivity contribution is 0.651. The van der Waals surface area contributed by atoms with E-state index in [2.05, 4.69) is 38.2 Å². The van der Waals surface area contributed by atoms with Crippen molar-refractivity contribution in [3.63, 3.8) is 0 Å². The number of hydrogen-bond donors (Lipinski definition) is 0. The lowest BCUT2D eigenvalue weighted by Crippen LogP contribution is -1.77. The van der Waals surface area contributed by atoms with Crippen molar-refractivity contribution in [3.8, 4) is 0 Å². The minimum Gasteiger partial charge on any atom is -0.0885 e. The molecule has 0 saturated heterocycles. The number of hydrogen-bond acceptors (Lipinski definition) is 0. The van der Waals surface area contributed by atoms with Gasteiger partial charge in [-0.3, -0.25) is 0 Å². The summed E-state index contributed by atoms with van der Waals surface area (Å²) in [6, 6.07) is 0. The summed E-state index contributed by atoms with van der Waals surface area (Å²) in [6.07, 6.45) is 22.0. The molecule has 1 radical (unpaired) electrons. The molecule has 0 aliphatic heterocycles. The third-order valence-corrected chi connectivity index (χ3v) is 2.72. The van der Waals surface area contributed by atoms with Gasteiger partial charge in [0.1, 0.15) is 0 Å². The molecule has 0 aromatic carbocycles. The third kappa shape index (κ3) is 13.5. The van der Waals surface area contributed by atoms with Crippen LogP contribution in [0.5, 0.6) is 0 Å². The smallest absolute Gasteiger partial charge is 0.0351 e. The highest BCUT2D eigenvalue weighted by atomic mass is 13.9. The second kappa shape index (κ2) is 14.5. The second-order valence-corrected chi connectivity index (χ2v) is 4.37. The molecule has 0 heterocycles. The zero-order chi connectivity index (χ0) is 11.9. The quantitative estimate of drug-likeness (QED) is 0.303. The average molecular weight is 221 g/mol. The topological polar surface area (TPSA) is 0 Å². The van der Waals surface area contributed by atoms with Crippen LogP contribution in [0.2, 0.25) is 0 Å². The Kier molecular flexibility index (Phi) is 14.0. The highest BCUT2D eigenvalue weighted by Crippen LogP contribution is 2.07. The molecule has 93 valence electrons. The summed E-state index contributed by atoms with van der Waals surface area (Å²) in [6.45, 7) is 6.03. The monoisotopic (exact) mass is 221 g/mol. The second-order valence-electron chi connectivity index (χ2n) is 4.37. The van der Waals surface area contributed by atoms with Gasteiger partial charge < -0.3 is 0 Å². The number of unbranched alkanes of at least 4 members (excludes halogenated alkanes) is 7. The molecule has 16 heavy (non-hydrogen) atoms. The van der Waals surface area contributed by atoms with Crippen molar-refractivity contribution in [1.29, 1.82) is 0 Å². The minimum atomic E-state index is 0.933. The van der Waals surface area contributed by atoms with Gasteiger partial charge in [-0.2, -0.15) is 0 Å². The molecule has 0 aromatic heterocycles. The molecule has 0 aliphatic rings. The Morgan fingerprint density at radius 2 is 1.19 bits per heavy atom. The van der Waals surface area contributed by atoms with E-state index in [1.54, 1.807) is 0 Å². The van der Waals surface area contributed by atoms with E-state index >= 15 is 0 Å². The van der Waals surface area contributed by atoms with E-state index in [4.69, 9.17) is 0 Å². The molecule has 0 aromatic rings. The van der Waals surface area contributed by atoms with Crippen molar-refractivity contribution in [2.75, 3.05) is 0 Å². The highest BCUT2D eigenvalue weighted by molar-refractivity contribution is 4.82. The van der Waals surface area contributed by atoms with Crippen LogP contribution in [0.1, 0.15) is 71.1 Å². The van der Waals surface area contributed by atoms with Crippen LogP contribution in [-0.2, 0) is 0 Å². The van der Waals surface area contributed by atoms with Gasteiger partial charge in [0, 0.05) is 0 Å². The van der Waals surface area contributed by atoms with E-state index in [0.717, 1.165) is 6.42 Å². The molecular formula is C16H29. The lowest BCUT2D eigenvalue weighted by Gasteiger charge is -1.97. The molecule has 0 bridgehead atoms. The van der Waals surface area contributed by atoms with E-state index in [-0.39, 0.29) is 0 Å². The van der Waals surface area contributed by atoms with Crippen LogP contribution >= 0.6 is 0 Å². The van der Waals surface area contributed by atoms with Gasteiger partial charge in [-0.25, -0.2) is 0 Å². The fourth-order valence-corrected chi connectivity index (χ4v) is 1.67. The molecule has 0 fully saturated rings. The van der Waals surface area contributed by atoms with Crippen LogP contribution in [-0.4, -0.2) is 0 Å². The minimum absolute atomic E-state index is 0.933. The van der Waals surface area contributed by atoms with Crippen LogP contribution in [0.3, 0.4) is 0 Å². The maximum atomic E-state index is 3.78. The first-order valence-corrected chi connectivity index (χ1v) is 7.01. The van der Waals surface area contributed by atoms with Gasteiger partial charge in [-0.15, -0.1) is 0 Å². The first-order valence-electron chi connectivity index (χ1n) is 7.01. The zero-order valence-electron chi connectivity index (χ0n) is 11.1. The number of rotatable bonds is 11. The molecule has 0 aliphatic carbocycles. The molecule has 0 saturated carbocycles. The molecular weight excluding hydrogens is 192 g/mol. The average Bonchev–Trinajstić information content (AvgIpc) is 2.31. The predicted molar refractivity (Wildman–Crippen MR) is 75.5 cm³/mol. The lowest BCUT2D eigenvalue weighted by atomic mass is 10.1. The van der Waals surface area contributed by atoms with Gasteiger partial charge in [0.15, 0.2) is 0 Å². The maximum Gasteiger partial charge on any atom is -0.0351 e. The first kappa shape index (κ1) is 15.5. The van der Waals surface area contributed by atoms with E-state index < -0.39 is 0 Å². The van der Waals surface area contributed by atoms with Crippen LogP contribution in [0, 0.1) is 6.92 Å². The fourth-order valence-electron chi connectivity index (χ4n) is 1.67. The molecule has 0 rings (SSSR count). The SMILES string of the molecule is [CH2]CC=CCCCCCCC=CCCCC. The van der Waals surface area contributed by atoms with Crippen molar-refractivity contribution >= 4 is 0 Å². The van der Waals surface area contributed by atoms with Crippen molar-refractivity contribution in [1.82, 2.24) is 0 Å². The summed E-state index contributed by atoms with van der Waals surface area (Å²) >= 11 is 0. The van der Waals surface area contributed by atoms with E-state index in [9.17, 15) is 0 Å². The highest BCUT2D eigenvalue weighted by Gasteiger charge is 1.87. The normalized spacial score (nSPS) is 11.9. The van der Waals surface area contributed by atoms with Gasteiger partial charge in [-0.05, 0) is 45.4 Å².